The Morgan fingerprint density at radius 2 is 1.82 bits per heavy atom. The molecule has 0 aromatic heterocycles. The van der Waals surface area contributed by atoms with Crippen LogP contribution in [0.1, 0.15) is 12.8 Å². The van der Waals surface area contributed by atoms with Gasteiger partial charge in [0, 0.05) is 6.04 Å². The quantitative estimate of drug-likeness (QED) is 0.425. The average Bonchev–Trinajstić information content (AvgIpc) is 2.30. The minimum atomic E-state index is -0.967. The lowest BCUT2D eigenvalue weighted by molar-refractivity contribution is -0.140. The monoisotopic (exact) mass is 282 g/mol. The maximum absolute atomic E-state index is 10.9. The number of aliphatic carboxylic acids is 1. The number of hydrogen-bond acceptors (Lipinski definition) is 6. The Morgan fingerprint density at radius 1 is 1.29 bits per heavy atom. The maximum Gasteiger partial charge on any atom is 0.320 e. The van der Waals surface area contributed by atoms with E-state index in [2.05, 4.69) is 5.32 Å². The van der Waals surface area contributed by atoms with E-state index < -0.39 is 24.3 Å². The van der Waals surface area contributed by atoms with Crippen molar-refractivity contribution in [1.82, 2.24) is 5.32 Å². The Morgan fingerprint density at radius 3 is 2.29 bits per heavy atom. The third-order valence-electron chi connectivity index (χ3n) is 2.34. The SMILES string of the molecule is CSCCC(NC(O)C(N)CCSC)C(=O)O. The number of aliphatic hydroxyl groups is 1. The van der Waals surface area contributed by atoms with E-state index in [0.29, 0.717) is 12.8 Å². The summed E-state index contributed by atoms with van der Waals surface area (Å²) in [6.45, 7) is 0. The topological polar surface area (TPSA) is 95.6 Å². The van der Waals surface area contributed by atoms with Gasteiger partial charge in [0.05, 0.1) is 0 Å². The number of thioether (sulfide) groups is 2. The van der Waals surface area contributed by atoms with Crippen LogP contribution in [-0.4, -0.2) is 58.5 Å². The van der Waals surface area contributed by atoms with Crippen LogP contribution in [0.4, 0.5) is 0 Å². The van der Waals surface area contributed by atoms with Crippen molar-refractivity contribution in [2.45, 2.75) is 31.2 Å². The number of hydrogen-bond donors (Lipinski definition) is 4. The highest BCUT2D eigenvalue weighted by Gasteiger charge is 2.23. The van der Waals surface area contributed by atoms with Gasteiger partial charge in [0.15, 0.2) is 0 Å². The van der Waals surface area contributed by atoms with Crippen LogP contribution in [-0.2, 0) is 4.79 Å². The van der Waals surface area contributed by atoms with Crippen LogP contribution < -0.4 is 11.1 Å². The Bertz CT molecular complexity index is 220. The molecule has 102 valence electrons. The summed E-state index contributed by atoms with van der Waals surface area (Å²) in [7, 11) is 0. The van der Waals surface area contributed by atoms with E-state index >= 15 is 0 Å². The van der Waals surface area contributed by atoms with Gasteiger partial charge in [0.2, 0.25) is 0 Å². The predicted octanol–water partition coefficient (Wildman–Crippen LogP) is 0.181. The minimum Gasteiger partial charge on any atom is -0.480 e. The van der Waals surface area contributed by atoms with Gasteiger partial charge < -0.3 is 15.9 Å². The molecule has 5 N–H and O–H groups in total. The van der Waals surface area contributed by atoms with E-state index in [1.54, 1.807) is 23.5 Å². The molecule has 0 amide bonds. The maximum atomic E-state index is 10.9. The third-order valence-corrected chi connectivity index (χ3v) is 3.63. The van der Waals surface area contributed by atoms with E-state index in [1.165, 1.54) is 0 Å². The number of carboxylic acids is 1. The zero-order valence-electron chi connectivity index (χ0n) is 10.3. The fourth-order valence-corrected chi connectivity index (χ4v) is 2.23. The lowest BCUT2D eigenvalue weighted by Gasteiger charge is -2.23. The van der Waals surface area contributed by atoms with Crippen LogP contribution >= 0.6 is 23.5 Å². The first-order valence-electron chi connectivity index (χ1n) is 5.43. The highest BCUT2D eigenvalue weighted by molar-refractivity contribution is 7.98. The number of carbonyl (C=O) groups is 1. The van der Waals surface area contributed by atoms with Gasteiger partial charge in [0.25, 0.3) is 0 Å². The average molecular weight is 282 g/mol. The number of aliphatic hydroxyl groups excluding tert-OH is 1. The summed E-state index contributed by atoms with van der Waals surface area (Å²) >= 11 is 3.23. The van der Waals surface area contributed by atoms with Crippen molar-refractivity contribution >= 4 is 29.5 Å². The third kappa shape index (κ3) is 7.88. The number of carboxylic acid groups (broad SMARTS) is 1. The molecule has 0 saturated carbocycles. The molecule has 7 heteroatoms. The highest BCUT2D eigenvalue weighted by atomic mass is 32.2. The van der Waals surface area contributed by atoms with Gasteiger partial charge in [0.1, 0.15) is 12.3 Å². The van der Waals surface area contributed by atoms with Crippen molar-refractivity contribution in [3.63, 3.8) is 0 Å². The molecule has 0 aliphatic carbocycles. The molecular weight excluding hydrogens is 260 g/mol. The second-order valence-electron chi connectivity index (χ2n) is 3.73. The summed E-state index contributed by atoms with van der Waals surface area (Å²) in [6, 6.07) is -1.17. The lowest BCUT2D eigenvalue weighted by Crippen LogP contribution is -2.52. The number of nitrogens with one attached hydrogen (secondary N) is 1. The molecule has 17 heavy (non-hydrogen) atoms. The van der Waals surface area contributed by atoms with Crippen molar-refractivity contribution in [3.05, 3.63) is 0 Å². The molecule has 0 aromatic rings. The molecule has 0 spiro atoms. The Balaban J connectivity index is 4.09. The van der Waals surface area contributed by atoms with Gasteiger partial charge in [-0.25, -0.2) is 0 Å². The fourth-order valence-electron chi connectivity index (χ4n) is 1.26. The van der Waals surface area contributed by atoms with Gasteiger partial charge >= 0.3 is 5.97 Å². The van der Waals surface area contributed by atoms with Crippen molar-refractivity contribution in [3.8, 4) is 0 Å². The summed E-state index contributed by atoms with van der Waals surface area (Å²) in [5.74, 6) is 0.634. The largest absolute Gasteiger partial charge is 0.480 e. The molecule has 0 heterocycles. The van der Waals surface area contributed by atoms with Crippen molar-refractivity contribution in [2.75, 3.05) is 24.0 Å². The van der Waals surface area contributed by atoms with E-state index in [-0.39, 0.29) is 0 Å². The van der Waals surface area contributed by atoms with Crippen LogP contribution in [0, 0.1) is 0 Å². The Hall–Kier alpha value is 0.0500. The second-order valence-corrected chi connectivity index (χ2v) is 5.70. The highest BCUT2D eigenvalue weighted by Crippen LogP contribution is 2.05. The van der Waals surface area contributed by atoms with Crippen molar-refractivity contribution < 1.29 is 15.0 Å². The normalized spacial score (nSPS) is 16.5. The summed E-state index contributed by atoms with van der Waals surface area (Å²) < 4.78 is 0. The smallest absolute Gasteiger partial charge is 0.320 e. The lowest BCUT2D eigenvalue weighted by atomic mass is 10.1. The molecule has 0 fully saturated rings. The Labute approximate surface area is 111 Å². The zero-order valence-corrected chi connectivity index (χ0v) is 11.9. The molecule has 0 saturated heterocycles. The van der Waals surface area contributed by atoms with Crippen LogP contribution in [0.3, 0.4) is 0 Å². The first kappa shape index (κ1) is 17.1. The van der Waals surface area contributed by atoms with E-state index in [4.69, 9.17) is 10.8 Å². The molecule has 0 aliphatic rings. The molecule has 5 nitrogen and oxygen atoms in total. The van der Waals surface area contributed by atoms with Gasteiger partial charge in [-0.3, -0.25) is 10.1 Å². The second kappa shape index (κ2) is 10.0. The van der Waals surface area contributed by atoms with Gasteiger partial charge in [-0.2, -0.15) is 23.5 Å². The van der Waals surface area contributed by atoms with E-state index in [1.807, 2.05) is 12.5 Å². The van der Waals surface area contributed by atoms with Crippen LogP contribution in [0.5, 0.6) is 0 Å². The molecular formula is C10H22N2O3S2. The van der Waals surface area contributed by atoms with Gasteiger partial charge in [-0.05, 0) is 36.9 Å². The zero-order chi connectivity index (χ0) is 13.3. The fraction of sp³-hybridized carbons (Fsp3) is 0.900. The number of rotatable bonds is 10. The van der Waals surface area contributed by atoms with Crippen LogP contribution in [0.25, 0.3) is 0 Å². The molecule has 0 radical (unpaired) electrons. The van der Waals surface area contributed by atoms with E-state index in [0.717, 1.165) is 11.5 Å². The first-order valence-corrected chi connectivity index (χ1v) is 8.22. The number of nitrogens with two attached hydrogens (primary N) is 1. The van der Waals surface area contributed by atoms with E-state index in [9.17, 15) is 9.90 Å². The summed E-state index contributed by atoms with van der Waals surface area (Å²) in [5.41, 5.74) is 5.76. The van der Waals surface area contributed by atoms with Crippen molar-refractivity contribution in [1.29, 1.82) is 0 Å². The molecule has 0 aromatic carbocycles. The Kier molecular flexibility index (Phi) is 10.0. The molecule has 0 aliphatic heterocycles. The van der Waals surface area contributed by atoms with Crippen LogP contribution in [0.2, 0.25) is 0 Å². The summed E-state index contributed by atoms with van der Waals surface area (Å²) in [6.07, 6.45) is 4.04. The summed E-state index contributed by atoms with van der Waals surface area (Å²) in [5, 5.41) is 21.4. The summed E-state index contributed by atoms with van der Waals surface area (Å²) in [4.78, 5) is 10.9. The standard InChI is InChI=1S/C10H22N2O3S2/c1-16-5-3-7(11)9(13)12-8(10(14)15)4-6-17-2/h7-9,12-13H,3-6,11H2,1-2H3,(H,14,15). The van der Waals surface area contributed by atoms with Crippen LogP contribution in [0.15, 0.2) is 0 Å². The molecule has 3 unspecified atom stereocenters. The molecule has 3 atom stereocenters. The molecule has 0 bridgehead atoms. The molecule has 0 rings (SSSR count). The van der Waals surface area contributed by atoms with Gasteiger partial charge in [-0.1, -0.05) is 0 Å². The minimum absolute atomic E-state index is 0.432. The van der Waals surface area contributed by atoms with Gasteiger partial charge in [-0.15, -0.1) is 0 Å². The first-order chi connectivity index (χ1) is 8.02. The van der Waals surface area contributed by atoms with Crippen molar-refractivity contribution in [2.24, 2.45) is 5.73 Å². The predicted molar refractivity (Wildman–Crippen MR) is 74.5 cm³/mol.